The summed E-state index contributed by atoms with van der Waals surface area (Å²) < 4.78 is 5.32. The quantitative estimate of drug-likeness (QED) is 0.788. The lowest BCUT2D eigenvalue weighted by Crippen LogP contribution is -2.08. The van der Waals surface area contributed by atoms with Crippen LogP contribution < -0.4 is 5.32 Å². The molecule has 4 nitrogen and oxygen atoms in total. The normalized spacial score (nSPS) is 25.9. The Balaban J connectivity index is 1.98. The summed E-state index contributed by atoms with van der Waals surface area (Å²) in [5.41, 5.74) is 0.348. The highest BCUT2D eigenvalue weighted by molar-refractivity contribution is 6.20. The molecule has 0 saturated heterocycles. The highest BCUT2D eigenvalue weighted by Crippen LogP contribution is 2.46. The number of aromatic nitrogens is 2. The van der Waals surface area contributed by atoms with Crippen molar-refractivity contribution in [3.63, 3.8) is 0 Å². The van der Waals surface area contributed by atoms with Gasteiger partial charge in [-0.1, -0.05) is 18.9 Å². The molecule has 1 fully saturated rings. The van der Waals surface area contributed by atoms with Gasteiger partial charge < -0.3 is 9.73 Å². The second-order valence-corrected chi connectivity index (χ2v) is 5.11. The van der Waals surface area contributed by atoms with Gasteiger partial charge in [-0.25, -0.2) is 0 Å². The van der Waals surface area contributed by atoms with Gasteiger partial charge in [-0.2, -0.15) is 0 Å². The molecule has 1 aliphatic carbocycles. The van der Waals surface area contributed by atoms with Crippen LogP contribution in [0.15, 0.2) is 4.42 Å². The molecule has 0 amide bonds. The maximum atomic E-state index is 5.80. The molecule has 2 atom stereocenters. The van der Waals surface area contributed by atoms with Crippen molar-refractivity contribution >= 4 is 17.6 Å². The molecule has 1 aromatic rings. The first-order chi connectivity index (χ1) is 6.49. The van der Waals surface area contributed by atoms with Crippen molar-refractivity contribution in [2.24, 2.45) is 5.41 Å². The van der Waals surface area contributed by atoms with Crippen molar-refractivity contribution < 1.29 is 4.42 Å². The van der Waals surface area contributed by atoms with E-state index in [1.807, 2.05) is 0 Å². The standard InChI is InChI=1S/C9H14ClN3O/c1-5(10)7-12-13-8(14-7)11-6-4-9(6,2)3/h5-6H,4H2,1-3H3,(H,11,13). The molecule has 5 heteroatoms. The molecule has 1 aliphatic rings. The average molecular weight is 216 g/mol. The van der Waals surface area contributed by atoms with E-state index in [2.05, 4.69) is 29.4 Å². The van der Waals surface area contributed by atoms with Crippen LogP contribution in [0, 0.1) is 5.41 Å². The molecule has 1 saturated carbocycles. The number of halogens is 1. The second-order valence-electron chi connectivity index (χ2n) is 4.45. The van der Waals surface area contributed by atoms with E-state index in [4.69, 9.17) is 16.0 Å². The molecule has 2 unspecified atom stereocenters. The Morgan fingerprint density at radius 2 is 2.21 bits per heavy atom. The maximum Gasteiger partial charge on any atom is 0.315 e. The summed E-state index contributed by atoms with van der Waals surface area (Å²) in [6, 6.07) is 0.921. The van der Waals surface area contributed by atoms with Gasteiger partial charge in [0.1, 0.15) is 5.38 Å². The van der Waals surface area contributed by atoms with Gasteiger partial charge >= 0.3 is 6.01 Å². The number of alkyl halides is 1. The van der Waals surface area contributed by atoms with E-state index in [0.717, 1.165) is 6.42 Å². The summed E-state index contributed by atoms with van der Waals surface area (Å²) in [7, 11) is 0. The first-order valence-electron chi connectivity index (χ1n) is 4.73. The Kier molecular flexibility index (Phi) is 2.18. The van der Waals surface area contributed by atoms with Gasteiger partial charge in [0.05, 0.1) is 0 Å². The van der Waals surface area contributed by atoms with Crippen LogP contribution in [0.3, 0.4) is 0 Å². The van der Waals surface area contributed by atoms with Crippen molar-refractivity contribution in [2.45, 2.75) is 38.6 Å². The van der Waals surface area contributed by atoms with E-state index in [9.17, 15) is 0 Å². The van der Waals surface area contributed by atoms with Crippen LogP contribution in [0.5, 0.6) is 0 Å². The van der Waals surface area contributed by atoms with Crippen LogP contribution in [-0.4, -0.2) is 16.2 Å². The average Bonchev–Trinajstić information content (AvgIpc) is 2.51. The third-order valence-corrected chi connectivity index (χ3v) is 2.78. The fourth-order valence-corrected chi connectivity index (χ4v) is 1.40. The van der Waals surface area contributed by atoms with Gasteiger partial charge in [0.15, 0.2) is 0 Å². The third kappa shape index (κ3) is 1.85. The Morgan fingerprint density at radius 1 is 1.57 bits per heavy atom. The van der Waals surface area contributed by atoms with Crippen LogP contribution in [0.1, 0.15) is 38.5 Å². The predicted octanol–water partition coefficient (Wildman–Crippen LogP) is 2.58. The summed E-state index contributed by atoms with van der Waals surface area (Å²) in [5.74, 6) is 0.465. The molecule has 1 aromatic heterocycles. The summed E-state index contributed by atoms with van der Waals surface area (Å²) >= 11 is 5.80. The Bertz CT molecular complexity index is 335. The van der Waals surface area contributed by atoms with Crippen molar-refractivity contribution in [1.82, 2.24) is 10.2 Å². The van der Waals surface area contributed by atoms with E-state index in [0.29, 0.717) is 23.4 Å². The number of nitrogens with one attached hydrogen (secondary N) is 1. The van der Waals surface area contributed by atoms with Gasteiger partial charge in [0, 0.05) is 6.04 Å². The van der Waals surface area contributed by atoms with E-state index >= 15 is 0 Å². The topological polar surface area (TPSA) is 51.0 Å². The summed E-state index contributed by atoms with van der Waals surface area (Å²) in [4.78, 5) is 0. The molecule has 1 heterocycles. The number of rotatable bonds is 3. The molecule has 78 valence electrons. The fourth-order valence-electron chi connectivity index (χ4n) is 1.32. The summed E-state index contributed by atoms with van der Waals surface area (Å²) in [5, 5.41) is 10.7. The number of nitrogens with zero attached hydrogens (tertiary/aromatic N) is 2. The lowest BCUT2D eigenvalue weighted by molar-refractivity contribution is 0.501. The van der Waals surface area contributed by atoms with Crippen molar-refractivity contribution in [1.29, 1.82) is 0 Å². The van der Waals surface area contributed by atoms with E-state index in [1.54, 1.807) is 6.92 Å². The first-order valence-corrected chi connectivity index (χ1v) is 5.17. The zero-order chi connectivity index (χ0) is 10.3. The van der Waals surface area contributed by atoms with Crippen molar-refractivity contribution in [3.8, 4) is 0 Å². The Hall–Kier alpha value is -0.770. The minimum Gasteiger partial charge on any atom is -0.406 e. The summed E-state index contributed by atoms with van der Waals surface area (Å²) in [6.07, 6.45) is 1.14. The Morgan fingerprint density at radius 3 is 2.64 bits per heavy atom. The van der Waals surface area contributed by atoms with Crippen LogP contribution in [-0.2, 0) is 0 Å². The van der Waals surface area contributed by atoms with E-state index < -0.39 is 0 Å². The highest BCUT2D eigenvalue weighted by atomic mass is 35.5. The zero-order valence-electron chi connectivity index (χ0n) is 8.54. The summed E-state index contributed by atoms with van der Waals surface area (Å²) in [6.45, 7) is 6.21. The lowest BCUT2D eigenvalue weighted by atomic mass is 10.2. The predicted molar refractivity (Wildman–Crippen MR) is 54.4 cm³/mol. The lowest BCUT2D eigenvalue weighted by Gasteiger charge is -2.02. The number of hydrogen-bond donors (Lipinski definition) is 1. The molecule has 0 radical (unpaired) electrons. The van der Waals surface area contributed by atoms with Crippen molar-refractivity contribution in [3.05, 3.63) is 5.89 Å². The molecule has 0 aromatic carbocycles. The van der Waals surface area contributed by atoms with Gasteiger partial charge in [0.2, 0.25) is 5.89 Å². The van der Waals surface area contributed by atoms with Crippen LogP contribution in [0.25, 0.3) is 0 Å². The molecule has 2 rings (SSSR count). The first kappa shape index (κ1) is 9.77. The molecular formula is C9H14ClN3O. The van der Waals surface area contributed by atoms with E-state index in [1.165, 1.54) is 0 Å². The van der Waals surface area contributed by atoms with Gasteiger partial charge in [-0.15, -0.1) is 16.7 Å². The molecule has 14 heavy (non-hydrogen) atoms. The van der Waals surface area contributed by atoms with Crippen LogP contribution in [0.4, 0.5) is 6.01 Å². The zero-order valence-corrected chi connectivity index (χ0v) is 9.30. The van der Waals surface area contributed by atoms with Crippen molar-refractivity contribution in [2.75, 3.05) is 5.32 Å². The number of anilines is 1. The van der Waals surface area contributed by atoms with Gasteiger partial charge in [-0.3, -0.25) is 0 Å². The molecular weight excluding hydrogens is 202 g/mol. The molecule has 0 spiro atoms. The third-order valence-electron chi connectivity index (χ3n) is 2.59. The van der Waals surface area contributed by atoms with Crippen LogP contribution >= 0.6 is 11.6 Å². The highest BCUT2D eigenvalue weighted by Gasteiger charge is 2.46. The van der Waals surface area contributed by atoms with Gasteiger partial charge in [0.25, 0.3) is 0 Å². The van der Waals surface area contributed by atoms with Crippen LogP contribution in [0.2, 0.25) is 0 Å². The minimum atomic E-state index is -0.231. The molecule has 0 bridgehead atoms. The fraction of sp³-hybridized carbons (Fsp3) is 0.778. The maximum absolute atomic E-state index is 5.80. The largest absolute Gasteiger partial charge is 0.406 e. The van der Waals surface area contributed by atoms with E-state index in [-0.39, 0.29) is 5.38 Å². The SMILES string of the molecule is CC(Cl)c1nnc(NC2CC2(C)C)o1. The minimum absolute atomic E-state index is 0.231. The van der Waals surface area contributed by atoms with Gasteiger partial charge in [-0.05, 0) is 18.8 Å². The molecule has 1 N–H and O–H groups in total. The molecule has 0 aliphatic heterocycles. The Labute approximate surface area is 88.0 Å². The second kappa shape index (κ2) is 3.12. The monoisotopic (exact) mass is 215 g/mol. The smallest absolute Gasteiger partial charge is 0.315 e. The number of hydrogen-bond acceptors (Lipinski definition) is 4.